The van der Waals surface area contributed by atoms with Crippen LogP contribution in [0.25, 0.3) is 5.69 Å². The average molecular weight is 262 g/mol. The molecule has 0 aliphatic rings. The summed E-state index contributed by atoms with van der Waals surface area (Å²) in [4.78, 5) is 23.3. The average Bonchev–Trinajstić information content (AvgIpc) is 2.77. The van der Waals surface area contributed by atoms with Crippen LogP contribution in [0.3, 0.4) is 0 Å². The standard InChI is InChI=1S/C13H14N2O4/c1-14-7-8-15(13(14)18)10-6-4-3-5-9(10)11(16)12(17)19-2/h3-8,11,16H,1-2H3. The maximum absolute atomic E-state index is 11.9. The molecule has 2 rings (SSSR count). The van der Waals surface area contributed by atoms with Crippen LogP contribution in [0, 0.1) is 0 Å². The zero-order valence-corrected chi connectivity index (χ0v) is 10.6. The Kier molecular flexibility index (Phi) is 3.52. The van der Waals surface area contributed by atoms with E-state index in [1.54, 1.807) is 43.7 Å². The first-order valence-corrected chi connectivity index (χ1v) is 5.65. The van der Waals surface area contributed by atoms with Crippen LogP contribution in [0.4, 0.5) is 0 Å². The van der Waals surface area contributed by atoms with Gasteiger partial charge in [-0.3, -0.25) is 4.57 Å². The number of benzene rings is 1. The lowest BCUT2D eigenvalue weighted by molar-refractivity contribution is -0.150. The molecule has 1 unspecified atom stereocenters. The first-order valence-electron chi connectivity index (χ1n) is 5.65. The first-order chi connectivity index (χ1) is 9.06. The summed E-state index contributed by atoms with van der Waals surface area (Å²) in [7, 11) is 2.82. The fraction of sp³-hybridized carbons (Fsp3) is 0.231. The second kappa shape index (κ2) is 5.11. The van der Waals surface area contributed by atoms with Crippen molar-refractivity contribution in [3.05, 3.63) is 52.7 Å². The topological polar surface area (TPSA) is 73.5 Å². The van der Waals surface area contributed by atoms with Crippen molar-refractivity contribution in [3.63, 3.8) is 0 Å². The molecule has 0 bridgehead atoms. The largest absolute Gasteiger partial charge is 0.467 e. The van der Waals surface area contributed by atoms with Gasteiger partial charge in [-0.1, -0.05) is 18.2 Å². The minimum atomic E-state index is -1.42. The van der Waals surface area contributed by atoms with Gasteiger partial charge in [-0.25, -0.2) is 9.59 Å². The Hall–Kier alpha value is -2.34. The maximum atomic E-state index is 11.9. The van der Waals surface area contributed by atoms with Gasteiger partial charge in [0, 0.05) is 25.0 Å². The van der Waals surface area contributed by atoms with Crippen LogP contribution in [-0.4, -0.2) is 27.3 Å². The van der Waals surface area contributed by atoms with Crippen LogP contribution in [-0.2, 0) is 16.6 Å². The van der Waals surface area contributed by atoms with Crippen molar-refractivity contribution < 1.29 is 14.6 Å². The van der Waals surface area contributed by atoms with Crippen LogP contribution < -0.4 is 5.69 Å². The van der Waals surface area contributed by atoms with E-state index in [0.29, 0.717) is 11.3 Å². The van der Waals surface area contributed by atoms with Gasteiger partial charge in [-0.2, -0.15) is 0 Å². The van der Waals surface area contributed by atoms with Gasteiger partial charge < -0.3 is 14.4 Å². The Bertz CT molecular complexity index is 657. The highest BCUT2D eigenvalue weighted by Gasteiger charge is 2.22. The van der Waals surface area contributed by atoms with E-state index in [1.807, 2.05) is 0 Å². The van der Waals surface area contributed by atoms with E-state index in [1.165, 1.54) is 16.2 Å². The molecule has 0 amide bonds. The monoisotopic (exact) mass is 262 g/mol. The Labute approximate surface area is 109 Å². The van der Waals surface area contributed by atoms with E-state index >= 15 is 0 Å². The molecule has 19 heavy (non-hydrogen) atoms. The number of para-hydroxylation sites is 1. The predicted octanol–water partition coefficient (Wildman–Crippen LogP) is 0.382. The predicted molar refractivity (Wildman–Crippen MR) is 68.0 cm³/mol. The maximum Gasteiger partial charge on any atom is 0.339 e. The van der Waals surface area contributed by atoms with Crippen LogP contribution in [0.1, 0.15) is 11.7 Å². The lowest BCUT2D eigenvalue weighted by atomic mass is 10.1. The lowest BCUT2D eigenvalue weighted by Gasteiger charge is -2.13. The summed E-state index contributed by atoms with van der Waals surface area (Å²) in [6.07, 6.45) is 1.75. The molecule has 0 saturated heterocycles. The number of hydrogen-bond donors (Lipinski definition) is 1. The van der Waals surface area contributed by atoms with Gasteiger partial charge in [0.25, 0.3) is 0 Å². The third kappa shape index (κ3) is 2.30. The fourth-order valence-electron chi connectivity index (χ4n) is 1.82. The number of hydrogen-bond acceptors (Lipinski definition) is 4. The number of ether oxygens (including phenoxy) is 1. The highest BCUT2D eigenvalue weighted by molar-refractivity contribution is 5.77. The van der Waals surface area contributed by atoms with Crippen molar-refractivity contribution in [1.82, 2.24) is 9.13 Å². The molecule has 0 aliphatic heterocycles. The number of methoxy groups -OCH3 is 1. The molecule has 100 valence electrons. The molecule has 0 saturated carbocycles. The van der Waals surface area contributed by atoms with E-state index in [4.69, 9.17) is 0 Å². The van der Waals surface area contributed by atoms with Gasteiger partial charge in [0.15, 0.2) is 6.10 Å². The second-order valence-electron chi connectivity index (χ2n) is 4.05. The third-order valence-corrected chi connectivity index (χ3v) is 2.86. The zero-order chi connectivity index (χ0) is 14.0. The summed E-state index contributed by atoms with van der Waals surface area (Å²) < 4.78 is 7.28. The van der Waals surface area contributed by atoms with Crippen molar-refractivity contribution in [2.45, 2.75) is 6.10 Å². The Morgan fingerprint density at radius 2 is 2.00 bits per heavy atom. The number of esters is 1. The van der Waals surface area contributed by atoms with Crippen LogP contribution in [0.2, 0.25) is 0 Å². The van der Waals surface area contributed by atoms with Crippen molar-refractivity contribution in [3.8, 4) is 5.69 Å². The molecule has 1 N–H and O–H groups in total. The number of carbonyl (C=O) groups is 1. The highest BCUT2D eigenvalue weighted by Crippen LogP contribution is 2.21. The SMILES string of the molecule is COC(=O)C(O)c1ccccc1-n1ccn(C)c1=O. The quantitative estimate of drug-likeness (QED) is 0.812. The minimum Gasteiger partial charge on any atom is -0.467 e. The summed E-state index contributed by atoms with van der Waals surface area (Å²) in [5.41, 5.74) is 0.512. The summed E-state index contributed by atoms with van der Waals surface area (Å²) in [6.45, 7) is 0. The van der Waals surface area contributed by atoms with Gasteiger partial charge in [-0.05, 0) is 6.07 Å². The Morgan fingerprint density at radius 1 is 1.32 bits per heavy atom. The van der Waals surface area contributed by atoms with Crippen LogP contribution in [0.5, 0.6) is 0 Å². The zero-order valence-electron chi connectivity index (χ0n) is 10.6. The third-order valence-electron chi connectivity index (χ3n) is 2.86. The molecule has 2 aromatic rings. The van der Waals surface area contributed by atoms with Gasteiger partial charge in [0.1, 0.15) is 0 Å². The molecule has 1 heterocycles. The Morgan fingerprint density at radius 3 is 2.58 bits per heavy atom. The molecule has 6 nitrogen and oxygen atoms in total. The molecule has 1 aromatic heterocycles. The first kappa shape index (κ1) is 13.1. The molecule has 1 atom stereocenters. The Balaban J connectivity index is 2.56. The van der Waals surface area contributed by atoms with Crippen molar-refractivity contribution in [2.24, 2.45) is 7.05 Å². The number of aryl methyl sites for hydroxylation is 1. The molecule has 1 aromatic carbocycles. The van der Waals surface area contributed by atoms with E-state index in [0.717, 1.165) is 0 Å². The second-order valence-corrected chi connectivity index (χ2v) is 4.05. The fourth-order valence-corrected chi connectivity index (χ4v) is 1.82. The number of aromatic nitrogens is 2. The number of imidazole rings is 1. The summed E-state index contributed by atoms with van der Waals surface area (Å²) in [5.74, 6) is -0.767. The van der Waals surface area contributed by atoms with E-state index in [2.05, 4.69) is 4.74 Å². The molecule has 0 fully saturated rings. The molecule has 0 spiro atoms. The highest BCUT2D eigenvalue weighted by atomic mass is 16.5. The smallest absolute Gasteiger partial charge is 0.339 e. The van der Waals surface area contributed by atoms with Crippen LogP contribution in [0.15, 0.2) is 41.5 Å². The molecular weight excluding hydrogens is 248 g/mol. The molecule has 0 radical (unpaired) electrons. The number of aliphatic hydroxyl groups is 1. The van der Waals surface area contributed by atoms with Gasteiger partial charge in [0.2, 0.25) is 0 Å². The summed E-state index contributed by atoms with van der Waals surface area (Å²) in [5, 5.41) is 9.93. The lowest BCUT2D eigenvalue weighted by Crippen LogP contribution is -2.23. The number of nitrogens with zero attached hydrogens (tertiary/aromatic N) is 2. The summed E-state index contributed by atoms with van der Waals surface area (Å²) >= 11 is 0. The van der Waals surface area contributed by atoms with E-state index in [9.17, 15) is 14.7 Å². The normalized spacial score (nSPS) is 12.2. The molecule has 0 aliphatic carbocycles. The van der Waals surface area contributed by atoms with Crippen molar-refractivity contribution in [1.29, 1.82) is 0 Å². The summed E-state index contributed by atoms with van der Waals surface area (Å²) in [6, 6.07) is 6.64. The number of aliphatic hydroxyl groups excluding tert-OH is 1. The van der Waals surface area contributed by atoms with E-state index in [-0.39, 0.29) is 5.69 Å². The minimum absolute atomic E-state index is 0.260. The van der Waals surface area contributed by atoms with E-state index < -0.39 is 12.1 Å². The van der Waals surface area contributed by atoms with Gasteiger partial charge in [-0.15, -0.1) is 0 Å². The van der Waals surface area contributed by atoms with Crippen molar-refractivity contribution >= 4 is 5.97 Å². The van der Waals surface area contributed by atoms with Crippen molar-refractivity contribution in [2.75, 3.05) is 7.11 Å². The van der Waals surface area contributed by atoms with Gasteiger partial charge in [0.05, 0.1) is 12.8 Å². The number of rotatable bonds is 3. The molecular formula is C13H14N2O4. The molecule has 6 heteroatoms. The van der Waals surface area contributed by atoms with Gasteiger partial charge >= 0.3 is 11.7 Å². The van der Waals surface area contributed by atoms with Crippen LogP contribution >= 0.6 is 0 Å². The number of carbonyl (C=O) groups excluding carboxylic acids is 1.